The lowest BCUT2D eigenvalue weighted by molar-refractivity contribution is -0.121. The lowest BCUT2D eigenvalue weighted by Gasteiger charge is -2.35. The number of hydrogen-bond donors (Lipinski definition) is 1. The third-order valence-corrected chi connectivity index (χ3v) is 4.63. The van der Waals surface area contributed by atoms with Crippen LogP contribution in [0.4, 0.5) is 14.9 Å². The fourth-order valence-electron chi connectivity index (χ4n) is 3.37. The number of anilines is 1. The second kappa shape index (κ2) is 6.79. The minimum atomic E-state index is -0.998. The number of ether oxygens (including phenoxy) is 3. The van der Waals surface area contributed by atoms with Crippen LogP contribution in [0.15, 0.2) is 36.4 Å². The van der Waals surface area contributed by atoms with Gasteiger partial charge in [-0.3, -0.25) is 9.69 Å². The molecule has 2 amide bonds. The van der Waals surface area contributed by atoms with E-state index in [0.29, 0.717) is 35.7 Å². The summed E-state index contributed by atoms with van der Waals surface area (Å²) in [5.41, 5.74) is 1.75. The lowest BCUT2D eigenvalue weighted by atomic mass is 9.92. The monoisotopic (exact) mass is 372 g/mol. The van der Waals surface area contributed by atoms with Gasteiger partial charge in [-0.15, -0.1) is 0 Å². The van der Waals surface area contributed by atoms with Crippen molar-refractivity contribution in [3.05, 3.63) is 53.3 Å². The SMILES string of the molecule is COC(=O)N1CCc2ccc(F)cc2[C@@H]1C(=O)Nc1ccc2c(c1)OCO2. The average Bonchev–Trinajstić information content (AvgIpc) is 3.14. The largest absolute Gasteiger partial charge is 0.454 e. The summed E-state index contributed by atoms with van der Waals surface area (Å²) in [6.45, 7) is 0.419. The van der Waals surface area contributed by atoms with E-state index in [1.165, 1.54) is 24.1 Å². The second-order valence-corrected chi connectivity index (χ2v) is 6.22. The first-order valence-corrected chi connectivity index (χ1v) is 8.40. The van der Waals surface area contributed by atoms with E-state index in [9.17, 15) is 14.0 Å². The molecule has 0 spiro atoms. The number of nitrogens with zero attached hydrogens (tertiary/aromatic N) is 1. The van der Waals surface area contributed by atoms with Crippen LogP contribution in [0.1, 0.15) is 17.2 Å². The predicted octanol–water partition coefficient (Wildman–Crippen LogP) is 2.86. The van der Waals surface area contributed by atoms with Gasteiger partial charge < -0.3 is 19.5 Å². The van der Waals surface area contributed by atoms with Crippen LogP contribution in [0.5, 0.6) is 11.5 Å². The number of carbonyl (C=O) groups is 2. The van der Waals surface area contributed by atoms with Crippen molar-refractivity contribution < 1.29 is 28.2 Å². The lowest BCUT2D eigenvalue weighted by Crippen LogP contribution is -2.45. The van der Waals surface area contributed by atoms with Gasteiger partial charge in [0.05, 0.1) is 7.11 Å². The van der Waals surface area contributed by atoms with Crippen molar-refractivity contribution in [3.8, 4) is 11.5 Å². The van der Waals surface area contributed by atoms with Crippen LogP contribution in [0, 0.1) is 5.82 Å². The fourth-order valence-corrected chi connectivity index (χ4v) is 3.37. The molecule has 0 saturated carbocycles. The van der Waals surface area contributed by atoms with Crippen LogP contribution in [0.3, 0.4) is 0 Å². The highest BCUT2D eigenvalue weighted by Gasteiger charge is 2.37. The van der Waals surface area contributed by atoms with Crippen LogP contribution < -0.4 is 14.8 Å². The van der Waals surface area contributed by atoms with Crippen LogP contribution in [-0.2, 0) is 16.0 Å². The molecule has 0 radical (unpaired) electrons. The molecule has 0 unspecified atom stereocenters. The van der Waals surface area contributed by atoms with Crippen molar-refractivity contribution >= 4 is 17.7 Å². The Hall–Kier alpha value is -3.29. The van der Waals surface area contributed by atoms with Gasteiger partial charge >= 0.3 is 6.09 Å². The van der Waals surface area contributed by atoms with Gasteiger partial charge in [0, 0.05) is 18.3 Å². The summed E-state index contributed by atoms with van der Waals surface area (Å²) in [6.07, 6.45) is -0.130. The molecule has 2 aliphatic rings. The Bertz CT molecular complexity index is 917. The Labute approximate surface area is 154 Å². The molecule has 8 heteroatoms. The van der Waals surface area contributed by atoms with E-state index in [0.717, 1.165) is 5.56 Å². The first-order valence-electron chi connectivity index (χ1n) is 8.40. The first-order chi connectivity index (χ1) is 13.1. The molecule has 27 heavy (non-hydrogen) atoms. The van der Waals surface area contributed by atoms with E-state index in [-0.39, 0.29) is 6.79 Å². The Morgan fingerprint density at radius 3 is 2.81 bits per heavy atom. The molecule has 2 aliphatic heterocycles. The molecule has 4 rings (SSSR count). The highest BCUT2D eigenvalue weighted by atomic mass is 19.1. The van der Waals surface area contributed by atoms with Crippen LogP contribution in [0.25, 0.3) is 0 Å². The van der Waals surface area contributed by atoms with E-state index in [2.05, 4.69) is 5.32 Å². The second-order valence-electron chi connectivity index (χ2n) is 6.22. The number of benzene rings is 2. The quantitative estimate of drug-likeness (QED) is 0.877. The molecule has 2 aromatic carbocycles. The number of nitrogens with one attached hydrogen (secondary N) is 1. The van der Waals surface area contributed by atoms with Crippen molar-refractivity contribution in [2.24, 2.45) is 0 Å². The molecule has 7 nitrogen and oxygen atoms in total. The number of hydrogen-bond acceptors (Lipinski definition) is 5. The van der Waals surface area contributed by atoms with Crippen molar-refractivity contribution in [2.75, 3.05) is 25.8 Å². The van der Waals surface area contributed by atoms with Crippen molar-refractivity contribution in [2.45, 2.75) is 12.5 Å². The van der Waals surface area contributed by atoms with Gasteiger partial charge in [0.2, 0.25) is 6.79 Å². The Kier molecular flexibility index (Phi) is 4.31. The maximum absolute atomic E-state index is 13.8. The molecule has 2 heterocycles. The predicted molar refractivity (Wildman–Crippen MR) is 93.2 cm³/mol. The van der Waals surface area contributed by atoms with Gasteiger partial charge in [0.15, 0.2) is 11.5 Å². The zero-order valence-electron chi connectivity index (χ0n) is 14.5. The number of methoxy groups -OCH3 is 1. The standard InChI is InChI=1S/C19H17FN2O5/c1-25-19(24)22-7-6-11-2-3-12(20)8-14(11)17(22)18(23)21-13-4-5-15-16(9-13)27-10-26-15/h2-5,8-9,17H,6-7,10H2,1H3,(H,21,23)/t17-/m1/s1. The molecule has 0 aromatic heterocycles. The number of amides is 2. The summed E-state index contributed by atoms with van der Waals surface area (Å²) in [6, 6.07) is 8.27. The molecule has 1 atom stereocenters. The van der Waals surface area contributed by atoms with E-state index >= 15 is 0 Å². The third kappa shape index (κ3) is 3.14. The van der Waals surface area contributed by atoms with Crippen LogP contribution in [-0.4, -0.2) is 37.3 Å². The molecular weight excluding hydrogens is 355 g/mol. The third-order valence-electron chi connectivity index (χ3n) is 4.63. The zero-order valence-corrected chi connectivity index (χ0v) is 14.5. The zero-order chi connectivity index (χ0) is 19.0. The molecule has 0 bridgehead atoms. The van der Waals surface area contributed by atoms with Crippen molar-refractivity contribution in [1.82, 2.24) is 4.90 Å². The Balaban J connectivity index is 1.66. The number of carbonyl (C=O) groups excluding carboxylic acids is 2. The summed E-state index contributed by atoms with van der Waals surface area (Å²) < 4.78 is 29.2. The van der Waals surface area contributed by atoms with E-state index in [4.69, 9.17) is 14.2 Å². The average molecular weight is 372 g/mol. The number of fused-ring (bicyclic) bond motifs is 2. The maximum Gasteiger partial charge on any atom is 0.410 e. The van der Waals surface area contributed by atoms with Crippen LogP contribution >= 0.6 is 0 Å². The first kappa shape index (κ1) is 17.1. The molecule has 0 fully saturated rings. The molecular formula is C19H17FN2O5. The molecule has 0 aliphatic carbocycles. The Morgan fingerprint density at radius 2 is 2.00 bits per heavy atom. The maximum atomic E-state index is 13.8. The number of halogens is 1. The number of rotatable bonds is 2. The highest BCUT2D eigenvalue weighted by Crippen LogP contribution is 2.36. The normalized spacial score (nSPS) is 17.3. The summed E-state index contributed by atoms with van der Waals surface area (Å²) in [5.74, 6) is 0.175. The van der Waals surface area contributed by atoms with E-state index < -0.39 is 23.9 Å². The topological polar surface area (TPSA) is 77.1 Å². The fraction of sp³-hybridized carbons (Fsp3) is 0.263. The molecule has 1 N–H and O–H groups in total. The molecule has 2 aromatic rings. The summed E-state index contributed by atoms with van der Waals surface area (Å²) in [5, 5.41) is 2.76. The van der Waals surface area contributed by atoms with E-state index in [1.807, 2.05) is 0 Å². The summed E-state index contributed by atoms with van der Waals surface area (Å²) in [7, 11) is 1.25. The van der Waals surface area contributed by atoms with Gasteiger partial charge in [-0.2, -0.15) is 0 Å². The van der Waals surface area contributed by atoms with Gasteiger partial charge in [-0.25, -0.2) is 9.18 Å². The summed E-state index contributed by atoms with van der Waals surface area (Å²) >= 11 is 0. The van der Waals surface area contributed by atoms with Crippen molar-refractivity contribution in [1.29, 1.82) is 0 Å². The highest BCUT2D eigenvalue weighted by molar-refractivity contribution is 5.98. The smallest absolute Gasteiger partial charge is 0.410 e. The Morgan fingerprint density at radius 1 is 1.19 bits per heavy atom. The minimum absolute atomic E-state index is 0.123. The van der Waals surface area contributed by atoms with Gasteiger partial charge in [-0.05, 0) is 41.8 Å². The van der Waals surface area contributed by atoms with E-state index in [1.54, 1.807) is 24.3 Å². The van der Waals surface area contributed by atoms with Gasteiger partial charge in [0.25, 0.3) is 5.91 Å². The minimum Gasteiger partial charge on any atom is -0.454 e. The van der Waals surface area contributed by atoms with Crippen molar-refractivity contribution in [3.63, 3.8) is 0 Å². The van der Waals surface area contributed by atoms with Gasteiger partial charge in [0.1, 0.15) is 11.9 Å². The molecule has 140 valence electrons. The summed E-state index contributed by atoms with van der Waals surface area (Å²) in [4.78, 5) is 26.5. The molecule has 0 saturated heterocycles. The van der Waals surface area contributed by atoms with Crippen LogP contribution in [0.2, 0.25) is 0 Å². The van der Waals surface area contributed by atoms with Gasteiger partial charge in [-0.1, -0.05) is 6.07 Å².